The van der Waals surface area contributed by atoms with E-state index in [2.05, 4.69) is 20.7 Å². The van der Waals surface area contributed by atoms with Gasteiger partial charge in [-0.05, 0) is 31.9 Å². The van der Waals surface area contributed by atoms with Crippen molar-refractivity contribution in [3.63, 3.8) is 0 Å². The molecule has 1 fully saturated rings. The van der Waals surface area contributed by atoms with Crippen LogP contribution < -0.4 is 10.6 Å². The molecule has 1 amide bonds. The molecular formula is C20H29IN6O. The Hall–Kier alpha value is -2.10. The molecule has 0 saturated carbocycles. The number of hydrogen-bond donors (Lipinski definition) is 2. The Kier molecular flexibility index (Phi) is 9.26. The topological polar surface area (TPSA) is 74.6 Å². The number of rotatable bonds is 8. The van der Waals surface area contributed by atoms with Gasteiger partial charge in [0, 0.05) is 44.4 Å². The van der Waals surface area contributed by atoms with Crippen molar-refractivity contribution in [1.82, 2.24) is 25.3 Å². The first-order chi connectivity index (χ1) is 13.3. The standard InChI is InChI=1S/C20H28N6O.HI/c1-2-21-20(22-11-7-13-25-12-6-10-19(25)27)23-14-17-15-24-26(16-17)18-8-4-3-5-9-18;/h3-5,8-9,15-16H,2,6-7,10-14H2,1H3,(H2,21,22,23);1H. The predicted octanol–water partition coefficient (Wildman–Crippen LogP) is 2.56. The van der Waals surface area contributed by atoms with E-state index in [0.717, 1.165) is 56.2 Å². The first-order valence-corrected chi connectivity index (χ1v) is 9.65. The molecule has 7 nitrogen and oxygen atoms in total. The molecule has 1 saturated heterocycles. The summed E-state index contributed by atoms with van der Waals surface area (Å²) >= 11 is 0. The van der Waals surface area contributed by atoms with E-state index in [4.69, 9.17) is 0 Å². The van der Waals surface area contributed by atoms with Crippen molar-refractivity contribution in [2.24, 2.45) is 4.99 Å². The molecule has 2 N–H and O–H groups in total. The van der Waals surface area contributed by atoms with Gasteiger partial charge in [-0.25, -0.2) is 9.67 Å². The van der Waals surface area contributed by atoms with Gasteiger partial charge in [-0.2, -0.15) is 5.10 Å². The zero-order valence-corrected chi connectivity index (χ0v) is 18.6. The molecule has 0 bridgehead atoms. The Balaban J connectivity index is 0.00000280. The number of amides is 1. The summed E-state index contributed by atoms with van der Waals surface area (Å²) in [6, 6.07) is 10.0. The Labute approximate surface area is 183 Å². The van der Waals surface area contributed by atoms with Crippen LogP contribution >= 0.6 is 24.0 Å². The molecule has 0 spiro atoms. The van der Waals surface area contributed by atoms with Crippen LogP contribution in [0.5, 0.6) is 0 Å². The Morgan fingerprint density at radius 3 is 2.79 bits per heavy atom. The van der Waals surface area contributed by atoms with E-state index in [1.54, 1.807) is 0 Å². The van der Waals surface area contributed by atoms with Crippen LogP contribution in [-0.2, 0) is 11.3 Å². The normalized spacial score (nSPS) is 14.1. The zero-order chi connectivity index (χ0) is 18.9. The third-order valence-corrected chi connectivity index (χ3v) is 4.49. The minimum Gasteiger partial charge on any atom is -0.357 e. The van der Waals surface area contributed by atoms with Gasteiger partial charge in [0.15, 0.2) is 5.96 Å². The van der Waals surface area contributed by atoms with Crippen LogP contribution in [0.3, 0.4) is 0 Å². The number of benzene rings is 1. The number of para-hydroxylation sites is 1. The van der Waals surface area contributed by atoms with E-state index in [9.17, 15) is 4.79 Å². The van der Waals surface area contributed by atoms with Crippen molar-refractivity contribution in [3.8, 4) is 5.69 Å². The molecule has 152 valence electrons. The van der Waals surface area contributed by atoms with E-state index in [1.165, 1.54) is 0 Å². The summed E-state index contributed by atoms with van der Waals surface area (Å²) in [5.74, 6) is 1.07. The fourth-order valence-electron chi connectivity index (χ4n) is 3.09. The molecule has 0 radical (unpaired) electrons. The maximum Gasteiger partial charge on any atom is 0.222 e. The second-order valence-corrected chi connectivity index (χ2v) is 6.59. The summed E-state index contributed by atoms with van der Waals surface area (Å²) in [4.78, 5) is 18.2. The zero-order valence-electron chi connectivity index (χ0n) is 16.3. The van der Waals surface area contributed by atoms with Crippen molar-refractivity contribution in [3.05, 3.63) is 48.3 Å². The lowest BCUT2D eigenvalue weighted by atomic mass is 10.3. The third kappa shape index (κ3) is 6.50. The third-order valence-electron chi connectivity index (χ3n) is 4.49. The fraction of sp³-hybridized carbons (Fsp3) is 0.450. The van der Waals surface area contributed by atoms with Gasteiger partial charge < -0.3 is 15.5 Å². The van der Waals surface area contributed by atoms with Gasteiger partial charge >= 0.3 is 0 Å². The Morgan fingerprint density at radius 1 is 1.25 bits per heavy atom. The van der Waals surface area contributed by atoms with Crippen LogP contribution in [0, 0.1) is 0 Å². The molecule has 1 aliphatic rings. The Bertz CT molecular complexity index is 761. The lowest BCUT2D eigenvalue weighted by Gasteiger charge is -2.16. The molecule has 0 unspecified atom stereocenters. The van der Waals surface area contributed by atoms with Crippen LogP contribution in [0.25, 0.3) is 5.69 Å². The molecule has 1 aromatic carbocycles. The average molecular weight is 496 g/mol. The molecule has 1 aromatic heterocycles. The van der Waals surface area contributed by atoms with E-state index in [-0.39, 0.29) is 29.9 Å². The maximum absolute atomic E-state index is 11.6. The second-order valence-electron chi connectivity index (χ2n) is 6.59. The highest BCUT2D eigenvalue weighted by Crippen LogP contribution is 2.10. The Morgan fingerprint density at radius 2 is 2.07 bits per heavy atom. The number of guanidine groups is 1. The summed E-state index contributed by atoms with van der Waals surface area (Å²) in [5, 5.41) is 11.0. The monoisotopic (exact) mass is 496 g/mol. The van der Waals surface area contributed by atoms with Crippen molar-refractivity contribution >= 4 is 35.8 Å². The second kappa shape index (κ2) is 11.7. The molecular weight excluding hydrogens is 467 g/mol. The molecule has 8 heteroatoms. The lowest BCUT2D eigenvalue weighted by Crippen LogP contribution is -2.39. The average Bonchev–Trinajstić information content (AvgIpc) is 3.33. The predicted molar refractivity (Wildman–Crippen MR) is 122 cm³/mol. The smallest absolute Gasteiger partial charge is 0.222 e. The van der Waals surface area contributed by atoms with Gasteiger partial charge in [0.25, 0.3) is 0 Å². The molecule has 0 aliphatic carbocycles. The van der Waals surface area contributed by atoms with Crippen LogP contribution in [0.2, 0.25) is 0 Å². The number of aliphatic imine (C=N–C) groups is 1. The SMILES string of the molecule is CCNC(=NCc1cnn(-c2ccccc2)c1)NCCCN1CCCC1=O.I. The number of likely N-dealkylation sites (tertiary alicyclic amines) is 1. The summed E-state index contributed by atoms with van der Waals surface area (Å²) in [7, 11) is 0. The van der Waals surface area contributed by atoms with Crippen LogP contribution in [0.1, 0.15) is 31.7 Å². The molecule has 2 heterocycles. The van der Waals surface area contributed by atoms with Gasteiger partial charge in [0.2, 0.25) is 5.91 Å². The first kappa shape index (κ1) is 22.2. The van der Waals surface area contributed by atoms with Crippen molar-refractivity contribution < 1.29 is 4.79 Å². The molecule has 2 aromatic rings. The summed E-state index contributed by atoms with van der Waals surface area (Å²) in [6.07, 6.45) is 6.46. The number of nitrogens with zero attached hydrogens (tertiary/aromatic N) is 4. The van der Waals surface area contributed by atoms with E-state index in [0.29, 0.717) is 13.0 Å². The molecule has 28 heavy (non-hydrogen) atoms. The van der Waals surface area contributed by atoms with E-state index in [1.807, 2.05) is 59.2 Å². The maximum atomic E-state index is 11.6. The van der Waals surface area contributed by atoms with Crippen molar-refractivity contribution in [2.75, 3.05) is 26.2 Å². The molecule has 1 aliphatic heterocycles. The van der Waals surface area contributed by atoms with Crippen molar-refractivity contribution in [1.29, 1.82) is 0 Å². The summed E-state index contributed by atoms with van der Waals surface area (Å²) in [5.41, 5.74) is 2.09. The number of carbonyl (C=O) groups excluding carboxylic acids is 1. The van der Waals surface area contributed by atoms with Crippen LogP contribution in [-0.4, -0.2) is 52.7 Å². The number of halogens is 1. The number of hydrogen-bond acceptors (Lipinski definition) is 3. The number of aromatic nitrogens is 2. The van der Waals surface area contributed by atoms with E-state index < -0.39 is 0 Å². The van der Waals surface area contributed by atoms with Crippen molar-refractivity contribution in [2.45, 2.75) is 32.7 Å². The molecule has 0 atom stereocenters. The van der Waals surface area contributed by atoms with Crippen LogP contribution in [0.4, 0.5) is 0 Å². The van der Waals surface area contributed by atoms with Gasteiger partial charge in [-0.3, -0.25) is 4.79 Å². The summed E-state index contributed by atoms with van der Waals surface area (Å²) in [6.45, 7) is 5.92. The largest absolute Gasteiger partial charge is 0.357 e. The fourth-order valence-corrected chi connectivity index (χ4v) is 3.09. The number of nitrogens with one attached hydrogen (secondary N) is 2. The van der Waals surface area contributed by atoms with E-state index >= 15 is 0 Å². The lowest BCUT2D eigenvalue weighted by molar-refractivity contribution is -0.127. The van der Waals surface area contributed by atoms with Gasteiger partial charge in [-0.1, -0.05) is 18.2 Å². The van der Waals surface area contributed by atoms with Gasteiger partial charge in [-0.15, -0.1) is 24.0 Å². The quantitative estimate of drug-likeness (QED) is 0.255. The summed E-state index contributed by atoms with van der Waals surface area (Å²) < 4.78 is 1.86. The highest BCUT2D eigenvalue weighted by molar-refractivity contribution is 14.0. The molecule has 3 rings (SSSR count). The minimum absolute atomic E-state index is 0. The first-order valence-electron chi connectivity index (χ1n) is 9.65. The number of carbonyl (C=O) groups is 1. The van der Waals surface area contributed by atoms with Crippen LogP contribution in [0.15, 0.2) is 47.7 Å². The van der Waals surface area contributed by atoms with Gasteiger partial charge in [0.1, 0.15) is 0 Å². The van der Waals surface area contributed by atoms with Gasteiger partial charge in [0.05, 0.1) is 18.4 Å². The minimum atomic E-state index is 0. The highest BCUT2D eigenvalue weighted by Gasteiger charge is 2.18. The highest BCUT2D eigenvalue weighted by atomic mass is 127.